The van der Waals surface area contributed by atoms with Crippen LogP contribution < -0.4 is 14.8 Å². The zero-order valence-corrected chi connectivity index (χ0v) is 13.8. The molecule has 0 aliphatic heterocycles. The van der Waals surface area contributed by atoms with Crippen LogP contribution in [0, 0.1) is 11.8 Å². The number of rotatable bonds is 7. The molecule has 1 aromatic rings. The Hall–Kier alpha value is -1.92. The average molecular weight is 326 g/mol. The molecule has 0 saturated heterocycles. The van der Waals surface area contributed by atoms with Crippen LogP contribution in [0.25, 0.3) is 0 Å². The van der Waals surface area contributed by atoms with E-state index in [1.807, 2.05) is 0 Å². The van der Waals surface area contributed by atoms with Crippen molar-refractivity contribution in [2.75, 3.05) is 13.5 Å². The molecule has 0 fully saturated rings. The summed E-state index contributed by atoms with van der Waals surface area (Å²) in [6.45, 7) is 4.03. The normalized spacial score (nSPS) is 14.8. The van der Waals surface area contributed by atoms with E-state index in [0.29, 0.717) is 5.56 Å². The number of ether oxygens (including phenoxy) is 2. The number of likely N-dealkylation sites (N-methyl/N-ethyl adjacent to an activating group) is 1. The first-order valence-electron chi connectivity index (χ1n) is 8.91. The van der Waals surface area contributed by atoms with Gasteiger partial charge in [0.15, 0.2) is 11.5 Å². The molecule has 6 heteroatoms. The van der Waals surface area contributed by atoms with Gasteiger partial charge in [-0.05, 0) is 24.7 Å². The molecule has 1 atom stereocenters. The minimum absolute atomic E-state index is 0.0110. The summed E-state index contributed by atoms with van der Waals surface area (Å²) < 4.78 is 31.8. The summed E-state index contributed by atoms with van der Waals surface area (Å²) in [5.74, 6) is -1.77. The third-order valence-electron chi connectivity index (χ3n) is 3.01. The van der Waals surface area contributed by atoms with Gasteiger partial charge in [0.05, 0.1) is 17.9 Å². The fraction of sp³-hybridized carbons (Fsp3) is 0.529. The number of hydrogen-bond donors (Lipinski definition) is 2. The van der Waals surface area contributed by atoms with Gasteiger partial charge in [0, 0.05) is 10.7 Å². The van der Waals surface area contributed by atoms with Crippen molar-refractivity contribution in [1.82, 2.24) is 5.32 Å². The number of nitrogens with one attached hydrogen (secondary N) is 1. The van der Waals surface area contributed by atoms with Crippen LogP contribution in [0.15, 0.2) is 18.2 Å². The van der Waals surface area contributed by atoms with E-state index in [1.165, 1.54) is 18.2 Å². The second-order valence-electron chi connectivity index (χ2n) is 5.75. The lowest BCUT2D eigenvalue weighted by atomic mass is 10.1. The van der Waals surface area contributed by atoms with Gasteiger partial charge in [0.1, 0.15) is 0 Å². The first kappa shape index (κ1) is 14.7. The number of aliphatic hydroxyl groups excluding tert-OH is 1. The molecular formula is C17H25NO5. The van der Waals surface area contributed by atoms with Gasteiger partial charge < -0.3 is 19.9 Å². The Morgan fingerprint density at radius 3 is 2.22 bits per heavy atom. The van der Waals surface area contributed by atoms with Crippen LogP contribution >= 0.6 is 0 Å². The molecule has 0 amide bonds. The number of carbonyl (C=O) groups is 2. The van der Waals surface area contributed by atoms with Gasteiger partial charge in [0.2, 0.25) is 0 Å². The second-order valence-corrected chi connectivity index (χ2v) is 5.75. The fourth-order valence-electron chi connectivity index (χ4n) is 1.56. The molecule has 1 aromatic carbocycles. The first-order valence-corrected chi connectivity index (χ1v) is 7.41. The van der Waals surface area contributed by atoms with Crippen molar-refractivity contribution in [3.05, 3.63) is 23.8 Å². The number of benzene rings is 1. The predicted molar refractivity (Wildman–Crippen MR) is 86.3 cm³/mol. The Kier molecular flexibility index (Phi) is 5.51. The molecule has 128 valence electrons. The summed E-state index contributed by atoms with van der Waals surface area (Å²) in [4.78, 5) is 23.7. The van der Waals surface area contributed by atoms with Crippen LogP contribution in [0.3, 0.4) is 0 Å². The van der Waals surface area contributed by atoms with Crippen LogP contribution in [0.2, 0.25) is 0 Å². The maximum atomic E-state index is 11.9. The van der Waals surface area contributed by atoms with Crippen molar-refractivity contribution in [3.8, 4) is 11.5 Å². The van der Waals surface area contributed by atoms with Gasteiger partial charge >= 0.3 is 11.9 Å². The fourth-order valence-corrected chi connectivity index (χ4v) is 1.56. The number of carbonyl (C=O) groups excluding carboxylic acids is 2. The zero-order valence-electron chi connectivity index (χ0n) is 16.8. The molecule has 0 aliphatic rings. The van der Waals surface area contributed by atoms with E-state index >= 15 is 0 Å². The lowest BCUT2D eigenvalue weighted by molar-refractivity contribution is -0.140. The minimum Gasteiger partial charge on any atom is -0.422 e. The van der Waals surface area contributed by atoms with Crippen LogP contribution in [0.4, 0.5) is 0 Å². The standard InChI is InChI=1S/C17H25NO5/c1-10(2)16(20)22-14-7-6-12(13(19)9-18-5)8-15(14)23-17(21)11(3)4/h6-8,10-11,13,18-19H,9H2,1-5H3/i5D3. The molecule has 0 radical (unpaired) electrons. The van der Waals surface area contributed by atoms with E-state index in [4.69, 9.17) is 13.6 Å². The minimum atomic E-state index is -2.39. The van der Waals surface area contributed by atoms with E-state index in [2.05, 4.69) is 5.32 Å². The lowest BCUT2D eigenvalue weighted by Gasteiger charge is -2.16. The molecule has 0 heterocycles. The molecular weight excluding hydrogens is 298 g/mol. The highest BCUT2D eigenvalue weighted by atomic mass is 16.6. The van der Waals surface area contributed by atoms with Crippen molar-refractivity contribution in [1.29, 1.82) is 0 Å². The molecule has 6 nitrogen and oxygen atoms in total. The van der Waals surface area contributed by atoms with E-state index in [1.54, 1.807) is 27.7 Å². The number of hydrogen-bond acceptors (Lipinski definition) is 6. The van der Waals surface area contributed by atoms with Crippen molar-refractivity contribution in [3.63, 3.8) is 0 Å². The quantitative estimate of drug-likeness (QED) is 0.589. The van der Waals surface area contributed by atoms with Gasteiger partial charge in [-0.25, -0.2) is 0 Å². The summed E-state index contributed by atoms with van der Waals surface area (Å²) in [5.41, 5.74) is 0.317. The summed E-state index contributed by atoms with van der Waals surface area (Å²) in [6.07, 6.45) is -1.15. The van der Waals surface area contributed by atoms with Gasteiger partial charge in [-0.1, -0.05) is 33.8 Å². The SMILES string of the molecule is [2H]C([2H])([2H])NCC(O)c1ccc(OC(=O)C(C)C)c(OC(=O)C(C)C)c1. The Morgan fingerprint density at radius 1 is 1.13 bits per heavy atom. The third-order valence-corrected chi connectivity index (χ3v) is 3.01. The summed E-state index contributed by atoms with van der Waals surface area (Å²) in [5, 5.41) is 12.4. The number of aliphatic hydroxyl groups is 1. The van der Waals surface area contributed by atoms with Crippen LogP contribution in [0.1, 0.15) is 43.5 Å². The molecule has 1 rings (SSSR count). The van der Waals surface area contributed by atoms with E-state index in [9.17, 15) is 14.7 Å². The van der Waals surface area contributed by atoms with Crippen LogP contribution in [-0.2, 0) is 9.59 Å². The Labute approximate surface area is 141 Å². The summed E-state index contributed by atoms with van der Waals surface area (Å²) in [6, 6.07) is 4.23. The van der Waals surface area contributed by atoms with Crippen molar-refractivity contribution in [2.45, 2.75) is 33.8 Å². The Balaban J connectivity index is 3.08. The maximum absolute atomic E-state index is 11.9. The van der Waals surface area contributed by atoms with Crippen LogP contribution in [0.5, 0.6) is 11.5 Å². The highest BCUT2D eigenvalue weighted by Crippen LogP contribution is 2.32. The molecule has 2 N–H and O–H groups in total. The summed E-state index contributed by atoms with van der Waals surface area (Å²) in [7, 11) is 0. The molecule has 0 aliphatic carbocycles. The molecule has 0 bridgehead atoms. The largest absolute Gasteiger partial charge is 0.422 e. The van der Waals surface area contributed by atoms with Gasteiger partial charge in [-0.2, -0.15) is 0 Å². The monoisotopic (exact) mass is 326 g/mol. The van der Waals surface area contributed by atoms with E-state index < -0.39 is 30.9 Å². The first-order chi connectivity index (χ1) is 11.9. The molecule has 0 saturated carbocycles. The smallest absolute Gasteiger partial charge is 0.313 e. The maximum Gasteiger partial charge on any atom is 0.313 e. The molecule has 0 aromatic heterocycles. The van der Waals surface area contributed by atoms with Crippen LogP contribution in [-0.4, -0.2) is 30.6 Å². The molecule has 23 heavy (non-hydrogen) atoms. The highest BCUT2D eigenvalue weighted by molar-refractivity contribution is 5.78. The summed E-state index contributed by atoms with van der Waals surface area (Å²) >= 11 is 0. The topological polar surface area (TPSA) is 84.9 Å². The number of esters is 2. The highest BCUT2D eigenvalue weighted by Gasteiger charge is 2.19. The Bertz CT molecular complexity index is 644. The van der Waals surface area contributed by atoms with Crippen molar-refractivity contribution >= 4 is 11.9 Å². The molecule has 0 spiro atoms. The van der Waals surface area contributed by atoms with E-state index in [0.717, 1.165) is 0 Å². The molecule has 1 unspecified atom stereocenters. The predicted octanol–water partition coefficient (Wildman–Crippen LogP) is 2.06. The van der Waals surface area contributed by atoms with Gasteiger partial charge in [-0.15, -0.1) is 0 Å². The van der Waals surface area contributed by atoms with Gasteiger partial charge in [-0.3, -0.25) is 9.59 Å². The third kappa shape index (κ3) is 5.65. The van der Waals surface area contributed by atoms with Gasteiger partial charge in [0.25, 0.3) is 0 Å². The zero-order chi connectivity index (χ0) is 20.1. The van der Waals surface area contributed by atoms with Crippen molar-refractivity contribution < 1.29 is 28.3 Å². The average Bonchev–Trinajstić information content (AvgIpc) is 2.53. The lowest BCUT2D eigenvalue weighted by Crippen LogP contribution is -2.19. The van der Waals surface area contributed by atoms with E-state index in [-0.39, 0.29) is 24.0 Å². The van der Waals surface area contributed by atoms with Crippen molar-refractivity contribution in [2.24, 2.45) is 11.8 Å². The Morgan fingerprint density at radius 2 is 1.70 bits per heavy atom. The second kappa shape index (κ2) is 8.64.